The van der Waals surface area contributed by atoms with Crippen molar-refractivity contribution in [3.63, 3.8) is 0 Å². The first kappa shape index (κ1) is 33.7. The van der Waals surface area contributed by atoms with Gasteiger partial charge < -0.3 is 20.5 Å². The Morgan fingerprint density at radius 2 is 1.22 bits per heavy atom. The Kier molecular flexibility index (Phi) is 9.57. The van der Waals surface area contributed by atoms with E-state index in [4.69, 9.17) is 5.11 Å². The number of imidazole rings is 2. The molecule has 0 saturated heterocycles. The molecule has 0 unspecified atom stereocenters. The second-order valence-corrected chi connectivity index (χ2v) is 10.7. The summed E-state index contributed by atoms with van der Waals surface area (Å²) in [6, 6.07) is -0.697. The number of anilines is 2. The molecule has 2 fully saturated rings. The maximum Gasteiger partial charge on any atom is 0.358 e. The van der Waals surface area contributed by atoms with Gasteiger partial charge in [-0.05, 0) is 13.8 Å². The Labute approximate surface area is 260 Å². The summed E-state index contributed by atoms with van der Waals surface area (Å²) < 4.78 is 59.0. The maximum absolute atomic E-state index is 12.9. The molecule has 4 aromatic heterocycles. The highest BCUT2D eigenvalue weighted by Crippen LogP contribution is 2.39. The molecule has 46 heavy (non-hydrogen) atoms. The van der Waals surface area contributed by atoms with Gasteiger partial charge in [0.05, 0.1) is 7.11 Å². The maximum atomic E-state index is 12.9. The first-order valence-electron chi connectivity index (χ1n) is 13.6. The number of aromatic nitrogens is 8. The number of methoxy groups -OCH3 is 1. The number of carboxylic acid groups (broad SMARTS) is 1. The minimum Gasteiger partial charge on any atom is -0.476 e. The summed E-state index contributed by atoms with van der Waals surface area (Å²) in [5, 5.41) is 14.6. The third kappa shape index (κ3) is 7.73. The van der Waals surface area contributed by atoms with Gasteiger partial charge in [0.15, 0.2) is 11.4 Å². The average molecular weight is 649 g/mol. The van der Waals surface area contributed by atoms with Crippen molar-refractivity contribution in [1.82, 2.24) is 39.0 Å². The summed E-state index contributed by atoms with van der Waals surface area (Å²) in [5.41, 5.74) is 1.51. The Bertz CT molecular complexity index is 1710. The van der Waals surface area contributed by atoms with Gasteiger partial charge >= 0.3 is 11.9 Å². The largest absolute Gasteiger partial charge is 0.476 e. The molecule has 4 heterocycles. The van der Waals surface area contributed by atoms with Crippen molar-refractivity contribution in [1.29, 1.82) is 0 Å². The fourth-order valence-corrected chi connectivity index (χ4v) is 4.62. The number of aryl methyl sites for hydroxylation is 2. The molecule has 0 amide bonds. The number of carbonyl (C=O) groups is 2. The zero-order valence-corrected chi connectivity index (χ0v) is 24.2. The molecule has 2 aliphatic carbocycles. The lowest BCUT2D eigenvalue weighted by Crippen LogP contribution is -2.44. The van der Waals surface area contributed by atoms with Crippen LogP contribution >= 0.6 is 0 Å². The monoisotopic (exact) mass is 648 g/mol. The summed E-state index contributed by atoms with van der Waals surface area (Å²) >= 11 is 0. The van der Waals surface area contributed by atoms with Crippen molar-refractivity contribution in [3.8, 4) is 11.6 Å². The Balaban J connectivity index is 0.000000205. The van der Waals surface area contributed by atoms with E-state index in [0.717, 1.165) is 5.56 Å². The van der Waals surface area contributed by atoms with Crippen LogP contribution in [0.4, 0.5) is 29.5 Å². The van der Waals surface area contributed by atoms with Crippen LogP contribution in [0.1, 0.15) is 65.2 Å². The van der Waals surface area contributed by atoms with Gasteiger partial charge in [-0.25, -0.2) is 47.1 Å². The number of halogens is 4. The number of carboxylic acids is 1. The SMILES string of the molecule is C.COC(=O)c1cn(-c2nc(NC3CC(F)(F)C3)ncc2C)cn1.Cc1cnc(NC2CC(F)(F)C2)nc1-n1cnc(C(=O)O)c1. The molecule has 0 radical (unpaired) electrons. The summed E-state index contributed by atoms with van der Waals surface area (Å²) in [7, 11) is 1.27. The van der Waals surface area contributed by atoms with Crippen molar-refractivity contribution in [2.24, 2.45) is 0 Å². The number of nitrogens with zero attached hydrogens (tertiary/aromatic N) is 8. The van der Waals surface area contributed by atoms with E-state index in [1.54, 1.807) is 30.8 Å². The van der Waals surface area contributed by atoms with Crippen LogP contribution in [0.25, 0.3) is 11.6 Å². The molecular weight excluding hydrogens is 616 g/mol. The number of carbonyl (C=O) groups excluding carboxylic acids is 1. The van der Waals surface area contributed by atoms with Crippen LogP contribution in [0.5, 0.6) is 0 Å². The van der Waals surface area contributed by atoms with Gasteiger partial charge in [0.25, 0.3) is 11.8 Å². The second kappa shape index (κ2) is 13.1. The highest BCUT2D eigenvalue weighted by atomic mass is 19.3. The highest BCUT2D eigenvalue weighted by Gasteiger charge is 2.46. The van der Waals surface area contributed by atoms with Crippen LogP contribution in [-0.4, -0.2) is 87.1 Å². The zero-order chi connectivity index (χ0) is 32.5. The van der Waals surface area contributed by atoms with Crippen LogP contribution in [-0.2, 0) is 4.74 Å². The van der Waals surface area contributed by atoms with Crippen molar-refractivity contribution >= 4 is 23.8 Å². The molecule has 0 spiro atoms. The van der Waals surface area contributed by atoms with Crippen LogP contribution < -0.4 is 10.6 Å². The van der Waals surface area contributed by atoms with Gasteiger partial charge in [-0.1, -0.05) is 7.43 Å². The molecule has 2 aliphatic rings. The predicted molar refractivity (Wildman–Crippen MR) is 156 cm³/mol. The van der Waals surface area contributed by atoms with E-state index in [9.17, 15) is 27.2 Å². The third-order valence-electron chi connectivity index (χ3n) is 7.00. The van der Waals surface area contributed by atoms with E-state index in [1.165, 1.54) is 36.7 Å². The predicted octanol–water partition coefficient (Wildman–Crippen LogP) is 4.48. The molecule has 0 bridgehead atoms. The van der Waals surface area contributed by atoms with Gasteiger partial charge in [0.2, 0.25) is 11.9 Å². The molecule has 0 aliphatic heterocycles. The molecule has 3 N–H and O–H groups in total. The fraction of sp³-hybridized carbons (Fsp3) is 0.429. The molecule has 0 aromatic carbocycles. The lowest BCUT2D eigenvalue weighted by Gasteiger charge is -2.35. The van der Waals surface area contributed by atoms with E-state index in [0.29, 0.717) is 17.2 Å². The van der Waals surface area contributed by atoms with E-state index < -0.39 is 23.8 Å². The van der Waals surface area contributed by atoms with E-state index >= 15 is 0 Å². The minimum absolute atomic E-state index is 0. The van der Waals surface area contributed by atoms with Crippen molar-refractivity contribution in [2.45, 2.75) is 70.9 Å². The first-order valence-corrected chi connectivity index (χ1v) is 13.6. The van der Waals surface area contributed by atoms with E-state index in [-0.39, 0.29) is 68.5 Å². The molecular formula is C28H32F4N10O4. The Hall–Kier alpha value is -5.16. The molecule has 18 heteroatoms. The van der Waals surface area contributed by atoms with Gasteiger partial charge in [-0.3, -0.25) is 9.13 Å². The van der Waals surface area contributed by atoms with Crippen molar-refractivity contribution < 1.29 is 37.0 Å². The third-order valence-corrected chi connectivity index (χ3v) is 7.00. The van der Waals surface area contributed by atoms with Crippen LogP contribution in [0, 0.1) is 13.8 Å². The number of alkyl halides is 4. The molecule has 14 nitrogen and oxygen atoms in total. The van der Waals surface area contributed by atoms with Crippen LogP contribution in [0.3, 0.4) is 0 Å². The number of rotatable bonds is 8. The lowest BCUT2D eigenvalue weighted by atomic mass is 9.88. The van der Waals surface area contributed by atoms with Gasteiger partial charge in [0.1, 0.15) is 24.3 Å². The Morgan fingerprint density at radius 1 is 0.804 bits per heavy atom. The lowest BCUT2D eigenvalue weighted by molar-refractivity contribution is -0.0801. The van der Waals surface area contributed by atoms with Gasteiger partial charge in [0, 0.05) is 73.7 Å². The Morgan fingerprint density at radius 3 is 1.59 bits per heavy atom. The second-order valence-electron chi connectivity index (χ2n) is 10.7. The average Bonchev–Trinajstić information content (AvgIpc) is 3.64. The molecule has 0 atom stereocenters. The number of hydrogen-bond donors (Lipinski definition) is 3. The smallest absolute Gasteiger partial charge is 0.358 e. The van der Waals surface area contributed by atoms with Crippen LogP contribution in [0.2, 0.25) is 0 Å². The fourth-order valence-electron chi connectivity index (χ4n) is 4.62. The first-order chi connectivity index (χ1) is 21.2. The van der Waals surface area contributed by atoms with E-state index in [1.807, 2.05) is 0 Å². The molecule has 4 aromatic rings. The van der Waals surface area contributed by atoms with E-state index in [2.05, 4.69) is 45.3 Å². The van der Waals surface area contributed by atoms with Crippen molar-refractivity contribution in [2.75, 3.05) is 17.7 Å². The topological polar surface area (TPSA) is 175 Å². The number of aromatic carboxylic acids is 1. The summed E-state index contributed by atoms with van der Waals surface area (Å²) in [6.07, 6.45) is 7.78. The summed E-state index contributed by atoms with van der Waals surface area (Å²) in [4.78, 5) is 46.7. The molecule has 6 rings (SSSR count). The van der Waals surface area contributed by atoms with Crippen molar-refractivity contribution in [3.05, 3.63) is 60.0 Å². The zero-order valence-electron chi connectivity index (χ0n) is 24.2. The molecule has 246 valence electrons. The number of nitrogens with one attached hydrogen (secondary N) is 2. The highest BCUT2D eigenvalue weighted by molar-refractivity contribution is 5.87. The number of esters is 1. The van der Waals surface area contributed by atoms with Crippen LogP contribution in [0.15, 0.2) is 37.4 Å². The minimum atomic E-state index is -2.62. The number of hydrogen-bond acceptors (Lipinski definition) is 11. The number of ether oxygens (including phenoxy) is 1. The standard InChI is InChI=1S/C14H15F2N5O2.C13H13F2N5O2.CH4/c1-8-5-17-13(19-9-3-14(15,16)4-9)20-11(8)21-6-10(18-7-21)12(22)23-2;1-7-4-16-12(18-8-2-13(14,15)3-8)19-10(7)20-5-9(11(21)22)17-6-20;/h5-7,9H,3-4H2,1-2H3,(H,17,19,20);4-6,8H,2-3H2,1H3,(H,21,22)(H,16,18,19);1H4. The summed E-state index contributed by atoms with van der Waals surface area (Å²) in [5.74, 6) is -5.46. The van der Waals surface area contributed by atoms with Gasteiger partial charge in [-0.15, -0.1) is 0 Å². The molecule has 2 saturated carbocycles. The van der Waals surface area contributed by atoms with Gasteiger partial charge in [-0.2, -0.15) is 9.97 Å². The normalized spacial score (nSPS) is 16.5. The quantitative estimate of drug-likeness (QED) is 0.181. The summed E-state index contributed by atoms with van der Waals surface area (Å²) in [6.45, 7) is 3.56.